The zero-order valence-electron chi connectivity index (χ0n) is 17.7. The number of hydrogen-bond acceptors (Lipinski definition) is 4. The van der Waals surface area contributed by atoms with Crippen LogP contribution in [0.2, 0.25) is 0 Å². The molecule has 0 fully saturated rings. The van der Waals surface area contributed by atoms with Gasteiger partial charge in [-0.15, -0.1) is 0 Å². The van der Waals surface area contributed by atoms with E-state index in [4.69, 9.17) is 0 Å². The zero-order chi connectivity index (χ0) is 22.2. The number of carbonyl (C=O) groups is 2. The number of hydrogen-bond donors (Lipinski definition) is 2. The summed E-state index contributed by atoms with van der Waals surface area (Å²) in [5.41, 5.74) is 2.21. The number of likely N-dealkylation sites (N-methyl/N-ethyl adjacent to an activating group) is 1. The molecule has 0 radical (unpaired) electrons. The lowest BCUT2D eigenvalue weighted by molar-refractivity contribution is -0.116. The number of pyridine rings is 1. The van der Waals surface area contributed by atoms with E-state index in [1.165, 1.54) is 10.6 Å². The van der Waals surface area contributed by atoms with Crippen LogP contribution in [0.1, 0.15) is 21.5 Å². The molecule has 7 heteroatoms. The predicted molar refractivity (Wildman–Crippen MR) is 121 cm³/mol. The fourth-order valence-electron chi connectivity index (χ4n) is 3.14. The first-order valence-corrected chi connectivity index (χ1v) is 9.97. The quantitative estimate of drug-likeness (QED) is 0.588. The van der Waals surface area contributed by atoms with Crippen molar-refractivity contribution in [3.63, 3.8) is 0 Å². The molecule has 31 heavy (non-hydrogen) atoms. The Morgan fingerprint density at radius 2 is 1.68 bits per heavy atom. The number of nitrogens with zero attached hydrogens (tertiary/aromatic N) is 2. The van der Waals surface area contributed by atoms with Crippen molar-refractivity contribution in [3.05, 3.63) is 100.0 Å². The highest BCUT2D eigenvalue weighted by Crippen LogP contribution is 2.11. The monoisotopic (exact) mass is 418 g/mol. The fourth-order valence-corrected chi connectivity index (χ4v) is 3.14. The van der Waals surface area contributed by atoms with Crippen LogP contribution in [0.4, 0.5) is 5.69 Å². The van der Waals surface area contributed by atoms with Crippen LogP contribution in [0.5, 0.6) is 0 Å². The SMILES string of the molecule is CN(C)CC(=O)Nc1cccc(CNC(=O)c2cccn(Cc3ccccc3)c2=O)c1. The second kappa shape index (κ2) is 10.4. The van der Waals surface area contributed by atoms with Crippen LogP contribution < -0.4 is 16.2 Å². The summed E-state index contributed by atoms with van der Waals surface area (Å²) in [5.74, 6) is -0.552. The Balaban J connectivity index is 1.65. The van der Waals surface area contributed by atoms with E-state index in [2.05, 4.69) is 10.6 Å². The van der Waals surface area contributed by atoms with Gasteiger partial charge in [-0.25, -0.2) is 0 Å². The van der Waals surface area contributed by atoms with Crippen LogP contribution in [0.25, 0.3) is 0 Å². The molecule has 0 aliphatic heterocycles. The molecule has 2 aromatic carbocycles. The van der Waals surface area contributed by atoms with Crippen LogP contribution in [0.3, 0.4) is 0 Å². The molecular formula is C24H26N4O3. The first kappa shape index (κ1) is 22.0. The van der Waals surface area contributed by atoms with Crippen molar-refractivity contribution in [2.24, 2.45) is 0 Å². The third-order valence-electron chi connectivity index (χ3n) is 4.58. The Morgan fingerprint density at radius 1 is 0.935 bits per heavy atom. The molecule has 160 valence electrons. The van der Waals surface area contributed by atoms with Gasteiger partial charge in [0.1, 0.15) is 5.56 Å². The van der Waals surface area contributed by atoms with Crippen LogP contribution in [-0.2, 0) is 17.9 Å². The smallest absolute Gasteiger partial charge is 0.263 e. The van der Waals surface area contributed by atoms with E-state index in [0.29, 0.717) is 12.2 Å². The van der Waals surface area contributed by atoms with E-state index < -0.39 is 5.91 Å². The first-order chi connectivity index (χ1) is 14.9. The lowest BCUT2D eigenvalue weighted by Crippen LogP contribution is -2.32. The van der Waals surface area contributed by atoms with Crippen LogP contribution in [-0.4, -0.2) is 41.9 Å². The van der Waals surface area contributed by atoms with E-state index >= 15 is 0 Å². The molecule has 0 bridgehead atoms. The second-order valence-electron chi connectivity index (χ2n) is 7.51. The largest absolute Gasteiger partial charge is 0.348 e. The molecule has 0 saturated heterocycles. The Bertz CT molecular complexity index is 1110. The average molecular weight is 418 g/mol. The van der Waals surface area contributed by atoms with Crippen molar-refractivity contribution in [1.82, 2.24) is 14.8 Å². The van der Waals surface area contributed by atoms with E-state index in [9.17, 15) is 14.4 Å². The number of anilines is 1. The maximum Gasteiger partial charge on any atom is 0.263 e. The topological polar surface area (TPSA) is 83.4 Å². The highest BCUT2D eigenvalue weighted by Gasteiger charge is 2.12. The predicted octanol–water partition coefficient (Wildman–Crippen LogP) is 2.33. The lowest BCUT2D eigenvalue weighted by atomic mass is 10.2. The van der Waals surface area contributed by atoms with Crippen molar-refractivity contribution in [2.45, 2.75) is 13.1 Å². The first-order valence-electron chi connectivity index (χ1n) is 9.97. The molecule has 0 saturated carbocycles. The Labute approximate surface area is 181 Å². The van der Waals surface area contributed by atoms with E-state index in [1.807, 2.05) is 56.6 Å². The van der Waals surface area contributed by atoms with Gasteiger partial charge in [-0.3, -0.25) is 14.4 Å². The maximum atomic E-state index is 12.7. The van der Waals surface area contributed by atoms with Crippen molar-refractivity contribution < 1.29 is 9.59 Å². The van der Waals surface area contributed by atoms with Crippen molar-refractivity contribution >= 4 is 17.5 Å². The Kier molecular flexibility index (Phi) is 7.35. The van der Waals surface area contributed by atoms with Gasteiger partial charge in [-0.05, 0) is 49.5 Å². The molecule has 0 spiro atoms. The van der Waals surface area contributed by atoms with Gasteiger partial charge < -0.3 is 20.1 Å². The summed E-state index contributed by atoms with van der Waals surface area (Å²) in [6.07, 6.45) is 1.67. The van der Waals surface area contributed by atoms with Crippen molar-refractivity contribution in [2.75, 3.05) is 26.0 Å². The molecule has 1 aromatic heterocycles. The molecule has 0 unspecified atom stereocenters. The summed E-state index contributed by atoms with van der Waals surface area (Å²) in [5, 5.41) is 5.61. The van der Waals surface area contributed by atoms with Gasteiger partial charge in [0.05, 0.1) is 13.1 Å². The highest BCUT2D eigenvalue weighted by atomic mass is 16.2. The number of carbonyl (C=O) groups excluding carboxylic acids is 2. The van der Waals surface area contributed by atoms with Gasteiger partial charge in [-0.1, -0.05) is 42.5 Å². The summed E-state index contributed by atoms with van der Waals surface area (Å²) >= 11 is 0. The van der Waals surface area contributed by atoms with E-state index in [1.54, 1.807) is 29.3 Å². The van der Waals surface area contributed by atoms with E-state index in [0.717, 1.165) is 11.1 Å². The molecule has 0 atom stereocenters. The van der Waals surface area contributed by atoms with Gasteiger partial charge in [-0.2, -0.15) is 0 Å². The number of benzene rings is 2. The van der Waals surface area contributed by atoms with Gasteiger partial charge in [0.15, 0.2) is 0 Å². The van der Waals surface area contributed by atoms with Gasteiger partial charge in [0, 0.05) is 18.4 Å². The highest BCUT2D eigenvalue weighted by molar-refractivity contribution is 5.94. The van der Waals surface area contributed by atoms with Crippen molar-refractivity contribution in [3.8, 4) is 0 Å². The molecule has 3 rings (SSSR count). The normalized spacial score (nSPS) is 10.7. The second-order valence-corrected chi connectivity index (χ2v) is 7.51. The van der Waals surface area contributed by atoms with Gasteiger partial charge in [0.25, 0.3) is 11.5 Å². The minimum Gasteiger partial charge on any atom is -0.348 e. The minimum absolute atomic E-state index is 0.0915. The van der Waals surface area contributed by atoms with Crippen LogP contribution in [0.15, 0.2) is 77.7 Å². The summed E-state index contributed by atoms with van der Waals surface area (Å²) in [6.45, 7) is 0.920. The standard InChI is InChI=1S/C24H26N4O3/c1-27(2)17-22(29)26-20-11-6-10-19(14-20)15-25-23(30)21-12-7-13-28(24(21)31)16-18-8-4-3-5-9-18/h3-14H,15-17H2,1-2H3,(H,25,30)(H,26,29). The third-order valence-corrected chi connectivity index (χ3v) is 4.58. The molecule has 1 heterocycles. The Hall–Kier alpha value is -3.71. The third kappa shape index (κ3) is 6.38. The molecule has 7 nitrogen and oxygen atoms in total. The van der Waals surface area contributed by atoms with Gasteiger partial charge >= 0.3 is 0 Å². The lowest BCUT2D eigenvalue weighted by Gasteiger charge is -2.12. The number of rotatable bonds is 8. The number of aromatic nitrogens is 1. The molecule has 3 aromatic rings. The van der Waals surface area contributed by atoms with Gasteiger partial charge in [0.2, 0.25) is 5.91 Å². The average Bonchev–Trinajstić information content (AvgIpc) is 2.74. The zero-order valence-corrected chi connectivity index (χ0v) is 17.7. The van der Waals surface area contributed by atoms with Crippen LogP contribution in [0, 0.1) is 0 Å². The number of amides is 2. The summed E-state index contributed by atoms with van der Waals surface area (Å²) in [6, 6.07) is 20.1. The molecule has 0 aliphatic carbocycles. The molecule has 0 aliphatic rings. The number of nitrogens with one attached hydrogen (secondary N) is 2. The summed E-state index contributed by atoms with van der Waals surface area (Å²) < 4.78 is 1.52. The molecule has 2 N–H and O–H groups in total. The van der Waals surface area contributed by atoms with Crippen LogP contribution >= 0.6 is 0 Å². The Morgan fingerprint density at radius 3 is 2.42 bits per heavy atom. The minimum atomic E-state index is -0.436. The summed E-state index contributed by atoms with van der Waals surface area (Å²) in [7, 11) is 3.64. The summed E-state index contributed by atoms with van der Waals surface area (Å²) in [4.78, 5) is 39.1. The maximum absolute atomic E-state index is 12.7. The van der Waals surface area contributed by atoms with Crippen molar-refractivity contribution in [1.29, 1.82) is 0 Å². The molecular weight excluding hydrogens is 392 g/mol. The van der Waals surface area contributed by atoms with E-state index in [-0.39, 0.29) is 30.1 Å². The fraction of sp³-hybridized carbons (Fsp3) is 0.208. The molecule has 2 amide bonds.